The van der Waals surface area contributed by atoms with Crippen LogP contribution in [0.2, 0.25) is 0 Å². The molecule has 0 atom stereocenters. The van der Waals surface area contributed by atoms with E-state index >= 15 is 0 Å². The zero-order valence-electron chi connectivity index (χ0n) is 18.4. The number of halogens is 2. The molecule has 2 N–H and O–H groups in total. The van der Waals surface area contributed by atoms with E-state index in [-0.39, 0.29) is 29.8 Å². The number of rotatable bonds is 10. The molecule has 0 saturated heterocycles. The van der Waals surface area contributed by atoms with E-state index < -0.39 is 0 Å². The Morgan fingerprint density at radius 3 is 2.37 bits per heavy atom. The fourth-order valence-electron chi connectivity index (χ4n) is 3.06. The average molecular weight is 528 g/mol. The Kier molecular flexibility index (Phi) is 12.4. The van der Waals surface area contributed by atoms with Crippen molar-refractivity contribution in [2.24, 2.45) is 4.99 Å². The third-order valence-electron chi connectivity index (χ3n) is 4.62. The Morgan fingerprint density at radius 1 is 1.03 bits per heavy atom. The zero-order valence-corrected chi connectivity index (χ0v) is 20.7. The first-order chi connectivity index (χ1) is 14.0. The summed E-state index contributed by atoms with van der Waals surface area (Å²) in [6.45, 7) is 2.04. The summed E-state index contributed by atoms with van der Waals surface area (Å²) < 4.78 is 19.1. The number of aliphatic imine (C=N–C) groups is 1. The van der Waals surface area contributed by atoms with E-state index in [2.05, 4.69) is 27.8 Å². The van der Waals surface area contributed by atoms with E-state index in [4.69, 9.17) is 4.74 Å². The van der Waals surface area contributed by atoms with Gasteiger partial charge in [0, 0.05) is 32.2 Å². The minimum atomic E-state index is -0.165. The quantitative estimate of drug-likeness (QED) is 0.210. The molecule has 5 nitrogen and oxygen atoms in total. The molecule has 2 rings (SSSR count). The molecule has 2 aromatic carbocycles. The fraction of sp³-hybridized carbons (Fsp3) is 0.435. The molecule has 0 spiro atoms. The molecule has 0 bridgehead atoms. The summed E-state index contributed by atoms with van der Waals surface area (Å²) in [7, 11) is 7.31. The summed E-state index contributed by atoms with van der Waals surface area (Å²) in [5, 5.41) is 6.63. The molecule has 0 aliphatic rings. The summed E-state index contributed by atoms with van der Waals surface area (Å²) in [5.41, 5.74) is 3.06. The fourth-order valence-corrected chi connectivity index (χ4v) is 3.06. The minimum absolute atomic E-state index is 0. The highest BCUT2D eigenvalue weighted by Crippen LogP contribution is 2.13. The third kappa shape index (κ3) is 9.30. The van der Waals surface area contributed by atoms with Gasteiger partial charge in [0.05, 0.1) is 7.11 Å². The van der Waals surface area contributed by atoms with Crippen molar-refractivity contribution in [1.29, 1.82) is 0 Å². The third-order valence-corrected chi connectivity index (χ3v) is 4.62. The standard InChI is InChI=1S/C23H33FN4O.HI/c1-25-23(26-14-6-5-7-18-8-11-21(29-4)12-9-18)27-16-19-10-13-22(24)20(15-19)17-28(2)3;/h8-13,15H,5-7,14,16-17H2,1-4H3,(H2,25,26,27);1H. The lowest BCUT2D eigenvalue weighted by Gasteiger charge is -2.14. The smallest absolute Gasteiger partial charge is 0.191 e. The van der Waals surface area contributed by atoms with Gasteiger partial charge in [-0.15, -0.1) is 24.0 Å². The Bertz CT molecular complexity index is 781. The van der Waals surface area contributed by atoms with Crippen molar-refractivity contribution in [1.82, 2.24) is 15.5 Å². The molecular weight excluding hydrogens is 494 g/mol. The van der Waals surface area contributed by atoms with Crippen LogP contribution < -0.4 is 15.4 Å². The molecule has 0 saturated carbocycles. The van der Waals surface area contributed by atoms with Crippen LogP contribution in [0.25, 0.3) is 0 Å². The first-order valence-corrected chi connectivity index (χ1v) is 10.0. The van der Waals surface area contributed by atoms with Crippen LogP contribution in [-0.2, 0) is 19.5 Å². The van der Waals surface area contributed by atoms with Crippen LogP contribution in [-0.4, -0.2) is 45.7 Å². The number of aryl methyl sites for hydroxylation is 1. The van der Waals surface area contributed by atoms with Crippen LogP contribution in [0.1, 0.15) is 29.5 Å². The molecule has 0 heterocycles. The molecule has 7 heteroatoms. The molecule has 0 aromatic heterocycles. The van der Waals surface area contributed by atoms with Gasteiger partial charge in [-0.05, 0) is 68.8 Å². The van der Waals surface area contributed by atoms with Gasteiger partial charge in [-0.1, -0.05) is 18.2 Å². The summed E-state index contributed by atoms with van der Waals surface area (Å²) >= 11 is 0. The van der Waals surface area contributed by atoms with E-state index in [0.29, 0.717) is 18.7 Å². The molecule has 0 aliphatic heterocycles. The topological polar surface area (TPSA) is 48.9 Å². The van der Waals surface area contributed by atoms with Crippen LogP contribution in [0.4, 0.5) is 4.39 Å². The number of ether oxygens (including phenoxy) is 1. The predicted molar refractivity (Wildman–Crippen MR) is 133 cm³/mol. The normalized spacial score (nSPS) is 11.2. The predicted octanol–water partition coefficient (Wildman–Crippen LogP) is 4.20. The second kappa shape index (κ2) is 14.2. The highest BCUT2D eigenvalue weighted by atomic mass is 127. The lowest BCUT2D eigenvalue weighted by molar-refractivity contribution is 0.392. The Morgan fingerprint density at radius 2 is 1.73 bits per heavy atom. The minimum Gasteiger partial charge on any atom is -0.497 e. The molecule has 0 fully saturated rings. The monoisotopic (exact) mass is 528 g/mol. The second-order valence-corrected chi connectivity index (χ2v) is 7.32. The van der Waals surface area contributed by atoms with Crippen molar-refractivity contribution in [3.63, 3.8) is 0 Å². The maximum Gasteiger partial charge on any atom is 0.191 e. The van der Waals surface area contributed by atoms with Gasteiger partial charge in [-0.2, -0.15) is 0 Å². The number of hydrogen-bond donors (Lipinski definition) is 2. The van der Waals surface area contributed by atoms with Gasteiger partial charge in [0.25, 0.3) is 0 Å². The summed E-state index contributed by atoms with van der Waals surface area (Å²) in [6.07, 6.45) is 3.19. The van der Waals surface area contributed by atoms with Gasteiger partial charge in [0.2, 0.25) is 0 Å². The molecule has 166 valence electrons. The molecule has 0 radical (unpaired) electrons. The highest BCUT2D eigenvalue weighted by Gasteiger charge is 2.06. The first kappa shape index (κ1) is 26.2. The average Bonchev–Trinajstić information content (AvgIpc) is 2.72. The SMILES string of the molecule is CN=C(NCCCCc1ccc(OC)cc1)NCc1ccc(F)c(CN(C)C)c1.I. The number of methoxy groups -OCH3 is 1. The number of benzene rings is 2. The van der Waals surface area contributed by atoms with E-state index in [1.54, 1.807) is 14.2 Å². The van der Waals surface area contributed by atoms with Crippen LogP contribution in [0.15, 0.2) is 47.5 Å². The Balaban J connectivity index is 0.00000450. The van der Waals surface area contributed by atoms with Gasteiger partial charge < -0.3 is 20.3 Å². The van der Waals surface area contributed by atoms with Gasteiger partial charge in [-0.25, -0.2) is 4.39 Å². The molecular formula is C23H34FIN4O. The van der Waals surface area contributed by atoms with Gasteiger partial charge in [0.1, 0.15) is 11.6 Å². The van der Waals surface area contributed by atoms with Crippen molar-refractivity contribution < 1.29 is 9.13 Å². The van der Waals surface area contributed by atoms with Crippen LogP contribution in [0.3, 0.4) is 0 Å². The Hall–Kier alpha value is -1.87. The largest absolute Gasteiger partial charge is 0.497 e. The second-order valence-electron chi connectivity index (χ2n) is 7.32. The summed E-state index contributed by atoms with van der Waals surface area (Å²) in [4.78, 5) is 6.22. The Labute approximate surface area is 197 Å². The lowest BCUT2D eigenvalue weighted by Crippen LogP contribution is -2.37. The molecule has 0 amide bonds. The molecule has 0 aliphatic carbocycles. The van der Waals surface area contributed by atoms with Crippen molar-refractivity contribution in [3.05, 3.63) is 65.0 Å². The summed E-state index contributed by atoms with van der Waals surface area (Å²) in [6, 6.07) is 13.5. The van der Waals surface area contributed by atoms with Gasteiger partial charge in [-0.3, -0.25) is 4.99 Å². The van der Waals surface area contributed by atoms with Crippen LogP contribution in [0, 0.1) is 5.82 Å². The maximum absolute atomic E-state index is 13.9. The number of hydrogen-bond acceptors (Lipinski definition) is 3. The highest BCUT2D eigenvalue weighted by molar-refractivity contribution is 14.0. The summed E-state index contributed by atoms with van der Waals surface area (Å²) in [5.74, 6) is 1.48. The van der Waals surface area contributed by atoms with E-state index in [0.717, 1.165) is 43.1 Å². The number of guanidine groups is 1. The zero-order chi connectivity index (χ0) is 21.1. The number of nitrogens with zero attached hydrogens (tertiary/aromatic N) is 2. The van der Waals surface area contributed by atoms with E-state index in [1.165, 1.54) is 11.6 Å². The van der Waals surface area contributed by atoms with E-state index in [1.807, 2.05) is 43.3 Å². The van der Waals surface area contributed by atoms with Crippen molar-refractivity contribution in [2.45, 2.75) is 32.4 Å². The van der Waals surface area contributed by atoms with Crippen molar-refractivity contribution >= 4 is 29.9 Å². The molecule has 30 heavy (non-hydrogen) atoms. The molecule has 2 aromatic rings. The lowest BCUT2D eigenvalue weighted by atomic mass is 10.1. The molecule has 0 unspecified atom stereocenters. The van der Waals surface area contributed by atoms with Gasteiger partial charge >= 0.3 is 0 Å². The van der Waals surface area contributed by atoms with Crippen molar-refractivity contribution in [2.75, 3.05) is 34.8 Å². The van der Waals surface area contributed by atoms with Crippen LogP contribution in [0.5, 0.6) is 5.75 Å². The number of nitrogens with one attached hydrogen (secondary N) is 2. The van der Waals surface area contributed by atoms with Crippen LogP contribution >= 0.6 is 24.0 Å². The van der Waals surface area contributed by atoms with E-state index in [9.17, 15) is 4.39 Å². The first-order valence-electron chi connectivity index (χ1n) is 10.0. The van der Waals surface area contributed by atoms with Crippen molar-refractivity contribution in [3.8, 4) is 5.75 Å². The maximum atomic E-state index is 13.9. The van der Waals surface area contributed by atoms with Gasteiger partial charge in [0.15, 0.2) is 5.96 Å². The number of unbranched alkanes of at least 4 members (excludes halogenated alkanes) is 1.